The predicted molar refractivity (Wildman–Crippen MR) is 117 cm³/mol. The van der Waals surface area contributed by atoms with Gasteiger partial charge in [-0.05, 0) is 24.3 Å². The van der Waals surface area contributed by atoms with Crippen molar-refractivity contribution in [1.29, 1.82) is 0 Å². The van der Waals surface area contributed by atoms with Gasteiger partial charge in [-0.1, -0.05) is 18.2 Å². The molecule has 1 aromatic carbocycles. The number of ether oxygens (including phenoxy) is 1. The number of imidazole rings is 1. The van der Waals surface area contributed by atoms with E-state index in [-0.39, 0.29) is 0 Å². The van der Waals surface area contributed by atoms with Crippen molar-refractivity contribution in [2.45, 2.75) is 37.0 Å². The molecule has 0 bridgehead atoms. The number of aldehydes is 1. The summed E-state index contributed by atoms with van der Waals surface area (Å²) in [5.74, 6) is 1.65. The summed E-state index contributed by atoms with van der Waals surface area (Å²) in [6.07, 6.45) is 0.597. The number of nitrogens with one attached hydrogen (secondary N) is 1. The fourth-order valence-electron chi connectivity index (χ4n) is 3.37. The van der Waals surface area contributed by atoms with E-state index in [9.17, 15) is 15.0 Å². The monoisotopic (exact) mass is 444 g/mol. The third-order valence-corrected chi connectivity index (χ3v) is 6.15. The second-order valence-corrected chi connectivity index (χ2v) is 8.40. The van der Waals surface area contributed by atoms with Crippen molar-refractivity contribution in [3.8, 4) is 0 Å². The quantitative estimate of drug-likeness (QED) is 0.276. The van der Waals surface area contributed by atoms with Crippen LogP contribution in [-0.2, 0) is 9.53 Å². The fourth-order valence-corrected chi connectivity index (χ4v) is 4.49. The number of nitrogens with two attached hydrogens (primary N) is 1. The number of carbonyl (C=O) groups is 1. The molecule has 0 radical (unpaired) electrons. The zero-order valence-corrected chi connectivity index (χ0v) is 17.4. The third kappa shape index (κ3) is 4.70. The minimum Gasteiger partial charge on any atom is -0.387 e. The number of rotatable bonds is 9. The number of anilines is 2. The fraction of sp³-hybridized carbons (Fsp3) is 0.400. The van der Waals surface area contributed by atoms with Crippen LogP contribution in [0.25, 0.3) is 11.2 Å². The van der Waals surface area contributed by atoms with E-state index >= 15 is 0 Å². The van der Waals surface area contributed by atoms with E-state index in [1.807, 2.05) is 30.3 Å². The summed E-state index contributed by atoms with van der Waals surface area (Å²) < 4.78 is 7.56. The number of carbonyl (C=O) groups excluding carboxylic acids is 1. The number of aliphatic hydroxyl groups excluding tert-OH is 2. The van der Waals surface area contributed by atoms with Gasteiger partial charge < -0.3 is 30.8 Å². The molecule has 0 amide bonds. The number of aliphatic hydroxyl groups is 2. The lowest BCUT2D eigenvalue weighted by Crippen LogP contribution is -2.32. The van der Waals surface area contributed by atoms with Crippen LogP contribution in [0, 0.1) is 0 Å². The molecule has 4 rings (SSSR count). The Labute approximate surface area is 182 Å². The van der Waals surface area contributed by atoms with E-state index in [0.29, 0.717) is 41.2 Å². The van der Waals surface area contributed by atoms with Crippen LogP contribution < -0.4 is 11.1 Å². The molecule has 0 spiro atoms. The topological polar surface area (TPSA) is 148 Å². The smallest absolute Gasteiger partial charge is 0.167 e. The van der Waals surface area contributed by atoms with Gasteiger partial charge >= 0.3 is 0 Å². The maximum Gasteiger partial charge on any atom is 0.167 e. The highest BCUT2D eigenvalue weighted by Gasteiger charge is 2.44. The zero-order chi connectivity index (χ0) is 21.8. The molecule has 5 unspecified atom stereocenters. The molecular formula is C20H24N6O4S. The minimum absolute atomic E-state index is 0.461. The molecule has 10 nitrogen and oxygen atoms in total. The lowest BCUT2D eigenvalue weighted by molar-refractivity contribution is -0.108. The van der Waals surface area contributed by atoms with E-state index in [0.717, 1.165) is 5.69 Å². The minimum atomic E-state index is -1.14. The normalized spacial score (nSPS) is 24.4. The van der Waals surface area contributed by atoms with Gasteiger partial charge in [-0.2, -0.15) is 11.8 Å². The first kappa shape index (κ1) is 21.7. The van der Waals surface area contributed by atoms with Gasteiger partial charge in [-0.25, -0.2) is 15.0 Å². The molecule has 164 valence electrons. The largest absolute Gasteiger partial charge is 0.387 e. The highest BCUT2D eigenvalue weighted by atomic mass is 32.2. The second-order valence-electron chi connectivity index (χ2n) is 7.25. The van der Waals surface area contributed by atoms with Crippen LogP contribution in [-0.4, -0.2) is 71.9 Å². The van der Waals surface area contributed by atoms with Crippen molar-refractivity contribution >= 4 is 40.7 Å². The van der Waals surface area contributed by atoms with Crippen LogP contribution in [0.2, 0.25) is 0 Å². The predicted octanol–water partition coefficient (Wildman–Crippen LogP) is 0.839. The van der Waals surface area contributed by atoms with Crippen LogP contribution in [0.5, 0.6) is 0 Å². The molecule has 31 heavy (non-hydrogen) atoms. The third-order valence-electron chi connectivity index (χ3n) is 5.06. The number of aromatic nitrogens is 4. The first-order valence-corrected chi connectivity index (χ1v) is 11.0. The summed E-state index contributed by atoms with van der Waals surface area (Å²) in [4.78, 5) is 23.6. The summed E-state index contributed by atoms with van der Waals surface area (Å²) in [5, 5.41) is 24.3. The molecular weight excluding hydrogens is 420 g/mol. The van der Waals surface area contributed by atoms with Crippen molar-refractivity contribution in [3.63, 3.8) is 0 Å². The number of benzene rings is 1. The van der Waals surface area contributed by atoms with Crippen molar-refractivity contribution in [3.05, 3.63) is 43.0 Å². The average molecular weight is 445 g/mol. The van der Waals surface area contributed by atoms with Crippen LogP contribution in [0.4, 0.5) is 11.5 Å². The molecule has 5 N–H and O–H groups in total. The number of hydrogen-bond acceptors (Lipinski definition) is 10. The van der Waals surface area contributed by atoms with Gasteiger partial charge in [0.15, 0.2) is 23.2 Å². The Morgan fingerprint density at radius 3 is 2.81 bits per heavy atom. The first-order chi connectivity index (χ1) is 15.1. The van der Waals surface area contributed by atoms with Crippen LogP contribution in [0.15, 0.2) is 43.0 Å². The lowest BCUT2D eigenvalue weighted by Gasteiger charge is -2.16. The standard InChI is InChI=1S/C20H24N6O4S/c21-12(8-27)6-7-31-9-14-16(28)17(29)20(30-14)26-11-24-15-18(22-10-23-19(15)26)25-13-4-2-1-3-5-13/h1-5,8,10-12,14,16-17,20,28-29H,6-7,9,21H2,(H,22,23,25). The molecule has 1 saturated heterocycles. The molecule has 1 fully saturated rings. The molecule has 3 heterocycles. The Morgan fingerprint density at radius 2 is 2.03 bits per heavy atom. The van der Waals surface area contributed by atoms with Gasteiger partial charge in [0, 0.05) is 11.4 Å². The Morgan fingerprint density at radius 1 is 1.23 bits per heavy atom. The molecule has 0 saturated carbocycles. The number of para-hydroxylation sites is 1. The van der Waals surface area contributed by atoms with Crippen molar-refractivity contribution < 1.29 is 19.7 Å². The van der Waals surface area contributed by atoms with Gasteiger partial charge in [0.05, 0.1) is 18.5 Å². The Kier molecular flexibility index (Phi) is 6.78. The number of thioether (sulfide) groups is 1. The number of nitrogens with zero attached hydrogens (tertiary/aromatic N) is 4. The van der Waals surface area contributed by atoms with Crippen molar-refractivity contribution in [2.24, 2.45) is 5.73 Å². The van der Waals surface area contributed by atoms with Crippen molar-refractivity contribution in [2.75, 3.05) is 16.8 Å². The van der Waals surface area contributed by atoms with Crippen LogP contribution in [0.1, 0.15) is 12.6 Å². The van der Waals surface area contributed by atoms with Crippen molar-refractivity contribution in [1.82, 2.24) is 19.5 Å². The van der Waals surface area contributed by atoms with Crippen LogP contribution >= 0.6 is 11.8 Å². The molecule has 1 aliphatic rings. The second kappa shape index (κ2) is 9.71. The Bertz CT molecular complexity index is 1020. The Hall–Kier alpha value is -2.57. The molecule has 3 aromatic rings. The first-order valence-electron chi connectivity index (χ1n) is 9.88. The molecule has 5 atom stereocenters. The molecule has 1 aliphatic heterocycles. The van der Waals surface area contributed by atoms with Gasteiger partial charge in [-0.15, -0.1) is 0 Å². The van der Waals surface area contributed by atoms with E-state index < -0.39 is 30.6 Å². The molecule has 11 heteroatoms. The van der Waals surface area contributed by atoms with Gasteiger partial charge in [0.2, 0.25) is 0 Å². The Balaban J connectivity index is 1.48. The molecule has 0 aliphatic carbocycles. The maximum atomic E-state index is 10.6. The summed E-state index contributed by atoms with van der Waals surface area (Å²) in [6.45, 7) is 0. The highest BCUT2D eigenvalue weighted by molar-refractivity contribution is 7.99. The van der Waals surface area contributed by atoms with Gasteiger partial charge in [0.1, 0.15) is 24.8 Å². The van der Waals surface area contributed by atoms with Gasteiger partial charge in [0.25, 0.3) is 0 Å². The summed E-state index contributed by atoms with van der Waals surface area (Å²) in [5.41, 5.74) is 7.45. The number of hydrogen-bond donors (Lipinski definition) is 4. The van der Waals surface area contributed by atoms with E-state index in [2.05, 4.69) is 20.3 Å². The highest BCUT2D eigenvalue weighted by Crippen LogP contribution is 2.34. The lowest BCUT2D eigenvalue weighted by atomic mass is 10.1. The van der Waals surface area contributed by atoms with E-state index in [4.69, 9.17) is 10.5 Å². The molecule has 2 aromatic heterocycles. The summed E-state index contributed by atoms with van der Waals surface area (Å²) in [7, 11) is 0. The maximum absolute atomic E-state index is 10.6. The van der Waals surface area contributed by atoms with E-state index in [1.165, 1.54) is 24.4 Å². The zero-order valence-electron chi connectivity index (χ0n) is 16.6. The SMILES string of the molecule is NC(C=O)CCSCC1OC(n2cnc3c(Nc4ccccc4)ncnc32)C(O)C1O. The van der Waals surface area contributed by atoms with Crippen LogP contribution in [0.3, 0.4) is 0 Å². The van der Waals surface area contributed by atoms with Gasteiger partial charge in [-0.3, -0.25) is 4.57 Å². The summed E-state index contributed by atoms with van der Waals surface area (Å²) in [6, 6.07) is 9.08. The number of fused-ring (bicyclic) bond motifs is 1. The summed E-state index contributed by atoms with van der Waals surface area (Å²) >= 11 is 1.51. The van der Waals surface area contributed by atoms with E-state index in [1.54, 1.807) is 4.57 Å². The average Bonchev–Trinajstić information content (AvgIpc) is 3.34.